The summed E-state index contributed by atoms with van der Waals surface area (Å²) in [4.78, 5) is 0. The molecule has 0 amide bonds. The van der Waals surface area contributed by atoms with E-state index in [0.29, 0.717) is 26.4 Å². The van der Waals surface area contributed by atoms with Gasteiger partial charge in [0.05, 0.1) is 6.42 Å². The molecule has 0 unspecified atom stereocenters. The molecule has 4 heteroatoms. The van der Waals surface area contributed by atoms with Gasteiger partial charge in [-0.3, -0.25) is 0 Å². The average molecular weight is 219 g/mol. The Morgan fingerprint density at radius 2 is 0.933 bits per heavy atom. The minimum absolute atomic E-state index is 0.358. The largest absolute Gasteiger partial charge is 0.352 e. The zero-order valence-electron chi connectivity index (χ0n) is 10.2. The predicted octanol–water partition coefficient (Wildman–Crippen LogP) is 1.99. The lowest BCUT2D eigenvalue weighted by Crippen LogP contribution is -2.28. The highest BCUT2D eigenvalue weighted by Crippen LogP contribution is 2.08. The van der Waals surface area contributed by atoms with Crippen LogP contribution in [0.3, 0.4) is 0 Å². The van der Waals surface area contributed by atoms with Crippen molar-refractivity contribution in [1.29, 1.82) is 0 Å². The molecule has 0 heterocycles. The molecule has 0 spiro atoms. The lowest BCUT2D eigenvalue weighted by Gasteiger charge is -2.22. The molecule has 0 atom stereocenters. The molecule has 0 aromatic rings. The first-order valence-electron chi connectivity index (χ1n) is 5.59. The summed E-state index contributed by atoms with van der Waals surface area (Å²) in [6.45, 7) is 10.1. The van der Waals surface area contributed by atoms with Gasteiger partial charge < -0.3 is 18.9 Å². The molecule has 0 aromatic carbocycles. The normalized spacial score (nSPS) is 11.6. The number of ether oxygens (including phenoxy) is 4. The lowest BCUT2D eigenvalue weighted by molar-refractivity contribution is -0.169. The van der Waals surface area contributed by atoms with Crippen LogP contribution in [-0.2, 0) is 18.9 Å². The maximum atomic E-state index is 5.37. The van der Waals surface area contributed by atoms with Crippen molar-refractivity contribution in [3.8, 4) is 0 Å². The SMILES string of the molecule is CCOC([CH]C(OCC)OCC)OCC. The van der Waals surface area contributed by atoms with Gasteiger partial charge in [0.1, 0.15) is 0 Å². The fourth-order valence-electron chi connectivity index (χ4n) is 1.10. The molecule has 0 saturated carbocycles. The molecule has 0 aromatic heterocycles. The van der Waals surface area contributed by atoms with Crippen LogP contribution in [0.4, 0.5) is 0 Å². The molecule has 91 valence electrons. The van der Waals surface area contributed by atoms with Crippen molar-refractivity contribution in [2.75, 3.05) is 26.4 Å². The maximum Gasteiger partial charge on any atom is 0.165 e. The van der Waals surface area contributed by atoms with E-state index in [9.17, 15) is 0 Å². The topological polar surface area (TPSA) is 36.9 Å². The third kappa shape index (κ3) is 7.73. The van der Waals surface area contributed by atoms with Crippen LogP contribution in [0.15, 0.2) is 0 Å². The third-order valence-corrected chi connectivity index (χ3v) is 1.64. The molecule has 1 radical (unpaired) electrons. The average Bonchev–Trinajstić information content (AvgIpc) is 2.19. The molecule has 4 nitrogen and oxygen atoms in total. The van der Waals surface area contributed by atoms with Gasteiger partial charge in [0, 0.05) is 26.4 Å². The fraction of sp³-hybridized carbons (Fsp3) is 0.909. The molecule has 0 aliphatic rings. The molecular formula is C11H23O4. The Morgan fingerprint density at radius 1 is 0.667 bits per heavy atom. The number of rotatable bonds is 10. The summed E-state index contributed by atoms with van der Waals surface area (Å²) < 4.78 is 21.5. The standard InChI is InChI=1S/C11H23O4/c1-5-12-10(13-6-2)9-11(14-7-3)15-8-4/h9-11H,5-8H2,1-4H3. The van der Waals surface area contributed by atoms with Gasteiger partial charge in [0.25, 0.3) is 0 Å². The van der Waals surface area contributed by atoms with Crippen LogP contribution in [0, 0.1) is 6.42 Å². The summed E-state index contributed by atoms with van der Waals surface area (Å²) in [5.41, 5.74) is 0. The van der Waals surface area contributed by atoms with Gasteiger partial charge in [-0.15, -0.1) is 0 Å². The van der Waals surface area contributed by atoms with Gasteiger partial charge in [0.2, 0.25) is 0 Å². The Morgan fingerprint density at radius 3 is 1.13 bits per heavy atom. The fourth-order valence-corrected chi connectivity index (χ4v) is 1.10. The summed E-state index contributed by atoms with van der Waals surface area (Å²) in [6, 6.07) is 0. The van der Waals surface area contributed by atoms with Crippen molar-refractivity contribution in [3.05, 3.63) is 6.42 Å². The summed E-state index contributed by atoms with van der Waals surface area (Å²) in [5.74, 6) is 0. The first kappa shape index (κ1) is 14.8. The molecule has 0 bridgehead atoms. The van der Waals surface area contributed by atoms with E-state index in [4.69, 9.17) is 18.9 Å². The van der Waals surface area contributed by atoms with E-state index < -0.39 is 0 Å². The van der Waals surface area contributed by atoms with E-state index in [1.807, 2.05) is 27.7 Å². The van der Waals surface area contributed by atoms with Crippen molar-refractivity contribution in [3.63, 3.8) is 0 Å². The van der Waals surface area contributed by atoms with Crippen LogP contribution in [0.2, 0.25) is 0 Å². The van der Waals surface area contributed by atoms with Crippen molar-refractivity contribution < 1.29 is 18.9 Å². The van der Waals surface area contributed by atoms with Gasteiger partial charge >= 0.3 is 0 Å². The number of hydrogen-bond acceptors (Lipinski definition) is 4. The molecule has 15 heavy (non-hydrogen) atoms. The van der Waals surface area contributed by atoms with Gasteiger partial charge in [-0.2, -0.15) is 0 Å². The molecule has 0 fully saturated rings. The first-order chi connectivity index (χ1) is 7.28. The Balaban J connectivity index is 3.93. The quantitative estimate of drug-likeness (QED) is 0.526. The highest BCUT2D eigenvalue weighted by atomic mass is 16.7. The third-order valence-electron chi connectivity index (χ3n) is 1.64. The van der Waals surface area contributed by atoms with Crippen LogP contribution in [0.5, 0.6) is 0 Å². The van der Waals surface area contributed by atoms with Crippen LogP contribution >= 0.6 is 0 Å². The molecule has 0 rings (SSSR count). The van der Waals surface area contributed by atoms with Crippen molar-refractivity contribution >= 4 is 0 Å². The zero-order valence-corrected chi connectivity index (χ0v) is 10.2. The van der Waals surface area contributed by atoms with Gasteiger partial charge in [-0.1, -0.05) is 0 Å². The highest BCUT2D eigenvalue weighted by Gasteiger charge is 2.17. The molecule has 0 aliphatic carbocycles. The van der Waals surface area contributed by atoms with E-state index in [1.54, 1.807) is 6.42 Å². The Hall–Kier alpha value is -0.160. The van der Waals surface area contributed by atoms with Crippen molar-refractivity contribution in [2.45, 2.75) is 40.3 Å². The smallest absolute Gasteiger partial charge is 0.165 e. The van der Waals surface area contributed by atoms with Crippen LogP contribution in [0.1, 0.15) is 27.7 Å². The predicted molar refractivity (Wildman–Crippen MR) is 58.4 cm³/mol. The van der Waals surface area contributed by atoms with E-state index in [2.05, 4.69) is 0 Å². The highest BCUT2D eigenvalue weighted by molar-refractivity contribution is 4.74. The first-order valence-corrected chi connectivity index (χ1v) is 5.59. The van der Waals surface area contributed by atoms with Crippen molar-refractivity contribution in [2.24, 2.45) is 0 Å². The van der Waals surface area contributed by atoms with E-state index >= 15 is 0 Å². The molecule has 0 N–H and O–H groups in total. The Kier molecular flexibility index (Phi) is 10.3. The summed E-state index contributed by atoms with van der Waals surface area (Å²) in [5, 5.41) is 0. The minimum Gasteiger partial charge on any atom is -0.352 e. The van der Waals surface area contributed by atoms with E-state index in [1.165, 1.54) is 0 Å². The van der Waals surface area contributed by atoms with Gasteiger partial charge in [0.15, 0.2) is 12.6 Å². The minimum atomic E-state index is -0.358. The second-order valence-corrected chi connectivity index (χ2v) is 2.75. The second kappa shape index (κ2) is 10.4. The lowest BCUT2D eigenvalue weighted by atomic mass is 10.4. The summed E-state index contributed by atoms with van der Waals surface area (Å²) in [7, 11) is 0. The van der Waals surface area contributed by atoms with E-state index in [-0.39, 0.29) is 12.6 Å². The van der Waals surface area contributed by atoms with Crippen LogP contribution in [-0.4, -0.2) is 39.0 Å². The van der Waals surface area contributed by atoms with Crippen molar-refractivity contribution in [1.82, 2.24) is 0 Å². The van der Waals surface area contributed by atoms with Gasteiger partial charge in [-0.05, 0) is 27.7 Å². The van der Waals surface area contributed by atoms with E-state index in [0.717, 1.165) is 0 Å². The Labute approximate surface area is 92.8 Å². The number of hydrogen-bond donors (Lipinski definition) is 0. The van der Waals surface area contributed by atoms with Crippen LogP contribution in [0.25, 0.3) is 0 Å². The van der Waals surface area contributed by atoms with Gasteiger partial charge in [-0.25, -0.2) is 0 Å². The molecular weight excluding hydrogens is 196 g/mol. The second-order valence-electron chi connectivity index (χ2n) is 2.75. The Bertz CT molecular complexity index is 104. The zero-order chi connectivity index (χ0) is 11.5. The van der Waals surface area contributed by atoms with Crippen LogP contribution < -0.4 is 0 Å². The summed E-state index contributed by atoms with van der Waals surface area (Å²) >= 11 is 0. The summed E-state index contributed by atoms with van der Waals surface area (Å²) in [6.07, 6.45) is 1.08. The molecule has 0 saturated heterocycles. The molecule has 0 aliphatic heterocycles. The maximum absolute atomic E-state index is 5.37. The monoisotopic (exact) mass is 219 g/mol.